The standard InChI is InChI=1S/C31H45N3O4/c1-11-22-16-18-23(19-17-22)26(27(35)32-24-15-13-12-14-21(24)4)34(30(5,6)7)28(36)25(20(2)3)33-29(37)38-31(8,9)10/h12-20,25-26H,11H2,1-10H3,(H,32,35)(H,33,37). The Labute approximate surface area is 228 Å². The number of para-hydroxylation sites is 1. The van der Waals surface area contributed by atoms with Gasteiger partial charge in [0.2, 0.25) is 5.91 Å². The Morgan fingerprint density at radius 1 is 0.921 bits per heavy atom. The SMILES string of the molecule is CCc1ccc(C(C(=O)Nc2ccccc2C)N(C(=O)C(NC(=O)OC(C)(C)C)C(C)C)C(C)(C)C)cc1. The molecule has 3 amide bonds. The minimum atomic E-state index is -0.935. The third-order valence-electron chi connectivity index (χ3n) is 6.18. The molecule has 0 spiro atoms. The van der Waals surface area contributed by atoms with Gasteiger partial charge in [-0.2, -0.15) is 0 Å². The van der Waals surface area contributed by atoms with Crippen molar-refractivity contribution in [2.75, 3.05) is 5.32 Å². The van der Waals surface area contributed by atoms with Crippen LogP contribution in [0.4, 0.5) is 10.5 Å². The van der Waals surface area contributed by atoms with Crippen LogP contribution in [0.25, 0.3) is 0 Å². The van der Waals surface area contributed by atoms with Crippen molar-refractivity contribution >= 4 is 23.6 Å². The lowest BCUT2D eigenvalue weighted by Gasteiger charge is -2.43. The summed E-state index contributed by atoms with van der Waals surface area (Å²) in [6, 6.07) is 13.5. The average Bonchev–Trinajstić information content (AvgIpc) is 2.80. The van der Waals surface area contributed by atoms with Gasteiger partial charge in [0, 0.05) is 11.2 Å². The number of alkyl carbamates (subject to hydrolysis) is 1. The lowest BCUT2D eigenvalue weighted by molar-refractivity contribution is -0.147. The zero-order valence-corrected chi connectivity index (χ0v) is 24.6. The Balaban J connectivity index is 2.59. The van der Waals surface area contributed by atoms with Crippen LogP contribution in [0.3, 0.4) is 0 Å². The van der Waals surface area contributed by atoms with E-state index in [9.17, 15) is 14.4 Å². The van der Waals surface area contributed by atoms with E-state index in [-0.39, 0.29) is 17.7 Å². The van der Waals surface area contributed by atoms with Gasteiger partial charge in [-0.3, -0.25) is 9.59 Å². The number of carbonyl (C=O) groups excluding carboxylic acids is 3. The smallest absolute Gasteiger partial charge is 0.408 e. The molecule has 0 saturated heterocycles. The number of carbonyl (C=O) groups is 3. The summed E-state index contributed by atoms with van der Waals surface area (Å²) in [5.41, 5.74) is 1.96. The van der Waals surface area contributed by atoms with Crippen molar-refractivity contribution in [1.29, 1.82) is 0 Å². The van der Waals surface area contributed by atoms with Gasteiger partial charge in [-0.25, -0.2) is 4.79 Å². The molecule has 0 fully saturated rings. The second kappa shape index (κ2) is 12.5. The van der Waals surface area contributed by atoms with Crippen molar-refractivity contribution in [2.45, 2.75) is 98.9 Å². The third kappa shape index (κ3) is 8.33. The maximum Gasteiger partial charge on any atom is 0.408 e. The number of aryl methyl sites for hydroxylation is 2. The fourth-order valence-electron chi connectivity index (χ4n) is 4.21. The van der Waals surface area contributed by atoms with Gasteiger partial charge < -0.3 is 20.3 Å². The van der Waals surface area contributed by atoms with Crippen LogP contribution in [-0.2, 0) is 20.7 Å². The molecule has 0 bridgehead atoms. The predicted octanol–water partition coefficient (Wildman–Crippen LogP) is 6.41. The molecule has 38 heavy (non-hydrogen) atoms. The number of amides is 3. The second-order valence-electron chi connectivity index (χ2n) is 12.0. The summed E-state index contributed by atoms with van der Waals surface area (Å²) in [5.74, 6) is -0.933. The summed E-state index contributed by atoms with van der Waals surface area (Å²) in [6.07, 6.45) is 0.184. The maximum atomic E-state index is 14.3. The molecule has 0 aliphatic heterocycles. The third-order valence-corrected chi connectivity index (χ3v) is 6.18. The number of hydrogen-bond acceptors (Lipinski definition) is 4. The van der Waals surface area contributed by atoms with Crippen molar-refractivity contribution in [3.63, 3.8) is 0 Å². The summed E-state index contributed by atoms with van der Waals surface area (Å²) < 4.78 is 5.44. The normalized spacial score (nSPS) is 13.4. The Bertz CT molecular complexity index is 1110. The molecule has 2 aromatic rings. The van der Waals surface area contributed by atoms with Crippen molar-refractivity contribution in [3.05, 3.63) is 65.2 Å². The van der Waals surface area contributed by atoms with Crippen LogP contribution in [0.5, 0.6) is 0 Å². The number of nitrogens with zero attached hydrogens (tertiary/aromatic N) is 1. The van der Waals surface area contributed by atoms with Crippen molar-refractivity contribution in [2.24, 2.45) is 5.92 Å². The molecule has 0 heterocycles. The highest BCUT2D eigenvalue weighted by Crippen LogP contribution is 2.32. The van der Waals surface area contributed by atoms with Crippen LogP contribution in [0, 0.1) is 12.8 Å². The van der Waals surface area contributed by atoms with Crippen LogP contribution in [0.15, 0.2) is 48.5 Å². The van der Waals surface area contributed by atoms with Crippen LogP contribution in [0.1, 0.15) is 85.0 Å². The largest absolute Gasteiger partial charge is 0.444 e. The van der Waals surface area contributed by atoms with E-state index < -0.39 is 29.3 Å². The molecule has 208 valence electrons. The van der Waals surface area contributed by atoms with Crippen LogP contribution >= 0.6 is 0 Å². The minimum Gasteiger partial charge on any atom is -0.444 e. The minimum absolute atomic E-state index is 0.248. The van der Waals surface area contributed by atoms with Crippen molar-refractivity contribution in [3.8, 4) is 0 Å². The number of nitrogens with one attached hydrogen (secondary N) is 2. The first-order chi connectivity index (χ1) is 17.5. The van der Waals surface area contributed by atoms with E-state index in [2.05, 4.69) is 17.6 Å². The first-order valence-corrected chi connectivity index (χ1v) is 13.3. The average molecular weight is 524 g/mol. The summed E-state index contributed by atoms with van der Waals surface area (Å²) in [6.45, 7) is 18.7. The molecular formula is C31H45N3O4. The summed E-state index contributed by atoms with van der Waals surface area (Å²) in [5, 5.41) is 5.80. The van der Waals surface area contributed by atoms with Gasteiger partial charge in [0.15, 0.2) is 0 Å². The molecule has 0 aromatic heterocycles. The maximum absolute atomic E-state index is 14.3. The van der Waals surface area contributed by atoms with E-state index >= 15 is 0 Å². The number of hydrogen-bond donors (Lipinski definition) is 2. The van der Waals surface area contributed by atoms with Gasteiger partial charge in [0.25, 0.3) is 5.91 Å². The first-order valence-electron chi connectivity index (χ1n) is 13.3. The molecule has 7 nitrogen and oxygen atoms in total. The van der Waals surface area contributed by atoms with Gasteiger partial charge in [-0.1, -0.05) is 63.2 Å². The number of anilines is 1. The van der Waals surface area contributed by atoms with Crippen LogP contribution in [0.2, 0.25) is 0 Å². The molecule has 0 saturated carbocycles. The fourth-order valence-corrected chi connectivity index (χ4v) is 4.21. The Kier molecular flexibility index (Phi) is 10.1. The predicted molar refractivity (Wildman–Crippen MR) is 153 cm³/mol. The van der Waals surface area contributed by atoms with Gasteiger partial charge in [0.1, 0.15) is 17.7 Å². The zero-order chi connectivity index (χ0) is 28.8. The van der Waals surface area contributed by atoms with E-state index in [1.807, 2.05) is 90.1 Å². The lowest BCUT2D eigenvalue weighted by atomic mass is 9.92. The second-order valence-corrected chi connectivity index (χ2v) is 12.0. The van der Waals surface area contributed by atoms with Gasteiger partial charge in [-0.15, -0.1) is 0 Å². The van der Waals surface area contributed by atoms with E-state index in [1.165, 1.54) is 0 Å². The van der Waals surface area contributed by atoms with E-state index in [0.717, 1.165) is 17.5 Å². The van der Waals surface area contributed by atoms with E-state index in [1.54, 1.807) is 25.7 Å². The van der Waals surface area contributed by atoms with Gasteiger partial charge in [-0.05, 0) is 83.6 Å². The monoisotopic (exact) mass is 523 g/mol. The molecule has 2 rings (SSSR count). The lowest BCUT2D eigenvalue weighted by Crippen LogP contribution is -2.59. The van der Waals surface area contributed by atoms with Gasteiger partial charge in [0.05, 0.1) is 0 Å². The molecule has 2 aromatic carbocycles. The molecule has 2 atom stereocenters. The number of benzene rings is 2. The van der Waals surface area contributed by atoms with E-state index in [0.29, 0.717) is 11.3 Å². The Morgan fingerprint density at radius 2 is 1.50 bits per heavy atom. The van der Waals surface area contributed by atoms with Crippen LogP contribution < -0.4 is 10.6 Å². The number of ether oxygens (including phenoxy) is 1. The van der Waals surface area contributed by atoms with E-state index in [4.69, 9.17) is 4.74 Å². The topological polar surface area (TPSA) is 87.7 Å². The Morgan fingerprint density at radius 3 is 1.97 bits per heavy atom. The number of rotatable bonds is 8. The van der Waals surface area contributed by atoms with Crippen molar-refractivity contribution < 1.29 is 19.1 Å². The van der Waals surface area contributed by atoms with Crippen molar-refractivity contribution in [1.82, 2.24) is 10.2 Å². The summed E-state index contributed by atoms with van der Waals surface area (Å²) in [4.78, 5) is 42.5. The zero-order valence-electron chi connectivity index (χ0n) is 24.6. The quantitative estimate of drug-likeness (QED) is 0.418. The molecule has 0 aliphatic carbocycles. The molecule has 2 N–H and O–H groups in total. The highest BCUT2D eigenvalue weighted by Gasteiger charge is 2.42. The molecular weight excluding hydrogens is 478 g/mol. The highest BCUT2D eigenvalue weighted by molar-refractivity contribution is 5.99. The first kappa shape index (κ1) is 30.9. The summed E-state index contributed by atoms with van der Waals surface area (Å²) >= 11 is 0. The molecule has 0 aliphatic rings. The van der Waals surface area contributed by atoms with Crippen LogP contribution in [-0.4, -0.2) is 40.0 Å². The Hall–Kier alpha value is -3.35. The fraction of sp³-hybridized carbons (Fsp3) is 0.516. The summed E-state index contributed by atoms with van der Waals surface area (Å²) in [7, 11) is 0. The van der Waals surface area contributed by atoms with Gasteiger partial charge >= 0.3 is 6.09 Å². The molecule has 0 radical (unpaired) electrons. The highest BCUT2D eigenvalue weighted by atomic mass is 16.6. The molecule has 2 unspecified atom stereocenters. The molecule has 7 heteroatoms.